The van der Waals surface area contributed by atoms with Crippen molar-refractivity contribution in [1.82, 2.24) is 10.2 Å². The molecule has 1 aromatic heterocycles. The van der Waals surface area contributed by atoms with E-state index in [4.69, 9.17) is 11.6 Å². The maximum absolute atomic E-state index is 6.01. The first-order valence-electron chi connectivity index (χ1n) is 6.11. The van der Waals surface area contributed by atoms with E-state index in [2.05, 4.69) is 34.6 Å². The van der Waals surface area contributed by atoms with Crippen LogP contribution in [-0.4, -0.2) is 16.2 Å². The van der Waals surface area contributed by atoms with Crippen molar-refractivity contribution in [1.29, 1.82) is 0 Å². The van der Waals surface area contributed by atoms with E-state index in [1.165, 1.54) is 11.1 Å². The summed E-state index contributed by atoms with van der Waals surface area (Å²) in [7, 11) is 0. The first-order valence-corrected chi connectivity index (χ1v) is 7.30. The molecule has 1 atom stereocenters. The number of benzene rings is 1. The molecule has 3 nitrogen and oxygen atoms in total. The van der Waals surface area contributed by atoms with E-state index in [1.807, 2.05) is 6.07 Å². The molecule has 0 amide bonds. The highest BCUT2D eigenvalue weighted by Gasteiger charge is 2.22. The molecule has 1 heterocycles. The lowest BCUT2D eigenvalue weighted by molar-refractivity contribution is 0.769. The van der Waals surface area contributed by atoms with E-state index in [9.17, 15) is 0 Å². The molecule has 1 N–H and O–H groups in total. The van der Waals surface area contributed by atoms with E-state index in [0.717, 1.165) is 34.4 Å². The molecule has 1 aromatic carbocycles. The summed E-state index contributed by atoms with van der Waals surface area (Å²) in [6.45, 7) is 2.09. The van der Waals surface area contributed by atoms with E-state index in [-0.39, 0.29) is 0 Å². The maximum Gasteiger partial charge on any atom is 0.205 e. The summed E-state index contributed by atoms with van der Waals surface area (Å²) in [4.78, 5) is 0. The minimum atomic E-state index is 0.413. The van der Waals surface area contributed by atoms with Crippen LogP contribution in [0, 0.1) is 0 Å². The van der Waals surface area contributed by atoms with Gasteiger partial charge in [-0.05, 0) is 42.5 Å². The van der Waals surface area contributed by atoms with Crippen LogP contribution in [0.3, 0.4) is 0 Å². The molecule has 18 heavy (non-hydrogen) atoms. The van der Waals surface area contributed by atoms with Crippen LogP contribution >= 0.6 is 22.9 Å². The second-order valence-electron chi connectivity index (χ2n) is 4.52. The molecule has 1 aliphatic carbocycles. The van der Waals surface area contributed by atoms with Gasteiger partial charge < -0.3 is 5.32 Å². The summed E-state index contributed by atoms with van der Waals surface area (Å²) in [5.74, 6) is 0. The van der Waals surface area contributed by atoms with Crippen LogP contribution in [-0.2, 0) is 19.3 Å². The van der Waals surface area contributed by atoms with Gasteiger partial charge in [-0.3, -0.25) is 0 Å². The number of anilines is 1. The zero-order chi connectivity index (χ0) is 12.5. The molecule has 3 rings (SSSR count). The number of aromatic nitrogens is 2. The number of nitrogens with one attached hydrogen (secondary N) is 1. The Hall–Kier alpha value is -1.13. The Labute approximate surface area is 115 Å². The summed E-state index contributed by atoms with van der Waals surface area (Å²) < 4.78 is 0. The fraction of sp³-hybridized carbons (Fsp3) is 0.385. The van der Waals surface area contributed by atoms with Crippen molar-refractivity contribution in [2.75, 3.05) is 5.32 Å². The average Bonchev–Trinajstić information content (AvgIpc) is 2.95. The van der Waals surface area contributed by atoms with Crippen LogP contribution in [0.1, 0.15) is 23.1 Å². The van der Waals surface area contributed by atoms with Gasteiger partial charge in [0.2, 0.25) is 5.13 Å². The third-order valence-electron chi connectivity index (χ3n) is 3.20. The zero-order valence-electron chi connectivity index (χ0n) is 10.1. The highest BCUT2D eigenvalue weighted by Crippen LogP contribution is 2.28. The molecule has 0 bridgehead atoms. The Morgan fingerprint density at radius 3 is 2.94 bits per heavy atom. The lowest BCUT2D eigenvalue weighted by Crippen LogP contribution is -2.19. The number of rotatable bonds is 3. The van der Waals surface area contributed by atoms with Crippen molar-refractivity contribution in [3.63, 3.8) is 0 Å². The number of halogens is 1. The van der Waals surface area contributed by atoms with E-state index in [1.54, 1.807) is 11.3 Å². The van der Waals surface area contributed by atoms with Crippen molar-refractivity contribution in [2.45, 2.75) is 32.2 Å². The Balaban J connectivity index is 1.70. The molecule has 2 aromatic rings. The smallest absolute Gasteiger partial charge is 0.205 e. The minimum absolute atomic E-state index is 0.413. The number of fused-ring (bicyclic) bond motifs is 1. The zero-order valence-corrected chi connectivity index (χ0v) is 11.7. The van der Waals surface area contributed by atoms with Gasteiger partial charge in [0.1, 0.15) is 5.01 Å². The summed E-state index contributed by atoms with van der Waals surface area (Å²) in [6.07, 6.45) is 2.99. The molecule has 0 fully saturated rings. The third kappa shape index (κ3) is 2.35. The molecule has 94 valence electrons. The van der Waals surface area contributed by atoms with Crippen LogP contribution in [0.2, 0.25) is 5.02 Å². The first-order chi connectivity index (χ1) is 8.74. The van der Waals surface area contributed by atoms with Gasteiger partial charge in [0.15, 0.2) is 0 Å². The lowest BCUT2D eigenvalue weighted by atomic mass is 10.1. The minimum Gasteiger partial charge on any atom is -0.357 e. The second-order valence-corrected chi connectivity index (χ2v) is 6.02. The monoisotopic (exact) mass is 279 g/mol. The number of hydrogen-bond acceptors (Lipinski definition) is 4. The number of nitrogens with zero attached hydrogens (tertiary/aromatic N) is 2. The molecule has 1 unspecified atom stereocenters. The van der Waals surface area contributed by atoms with Gasteiger partial charge in [0.25, 0.3) is 0 Å². The largest absolute Gasteiger partial charge is 0.357 e. The predicted molar refractivity (Wildman–Crippen MR) is 75.6 cm³/mol. The Morgan fingerprint density at radius 2 is 2.17 bits per heavy atom. The van der Waals surface area contributed by atoms with E-state index >= 15 is 0 Å². The van der Waals surface area contributed by atoms with Crippen LogP contribution in [0.4, 0.5) is 5.13 Å². The van der Waals surface area contributed by atoms with Crippen LogP contribution in [0.25, 0.3) is 0 Å². The molecule has 5 heteroatoms. The highest BCUT2D eigenvalue weighted by atomic mass is 35.5. The SMILES string of the molecule is CCc1nnc(NC2Cc3ccc(Cl)cc3C2)s1. The van der Waals surface area contributed by atoms with Crippen molar-refractivity contribution in [3.8, 4) is 0 Å². The van der Waals surface area contributed by atoms with Crippen molar-refractivity contribution in [3.05, 3.63) is 39.4 Å². The first kappa shape index (κ1) is 11.9. The maximum atomic E-state index is 6.01. The topological polar surface area (TPSA) is 37.8 Å². The van der Waals surface area contributed by atoms with Gasteiger partial charge in [0.05, 0.1) is 0 Å². The lowest BCUT2D eigenvalue weighted by Gasteiger charge is -2.09. The Bertz CT molecular complexity index is 567. The Morgan fingerprint density at radius 1 is 1.33 bits per heavy atom. The summed E-state index contributed by atoms with van der Waals surface area (Å²) in [5, 5.41) is 14.6. The fourth-order valence-electron chi connectivity index (χ4n) is 2.32. The molecule has 1 aliphatic rings. The van der Waals surface area contributed by atoms with Crippen LogP contribution in [0.5, 0.6) is 0 Å². The molecule has 0 radical (unpaired) electrons. The van der Waals surface area contributed by atoms with Crippen molar-refractivity contribution >= 4 is 28.1 Å². The third-order valence-corrected chi connectivity index (χ3v) is 4.43. The van der Waals surface area contributed by atoms with Crippen LogP contribution in [0.15, 0.2) is 18.2 Å². The van der Waals surface area contributed by atoms with Gasteiger partial charge in [0, 0.05) is 11.1 Å². The second kappa shape index (κ2) is 4.86. The van der Waals surface area contributed by atoms with Gasteiger partial charge in [-0.15, -0.1) is 10.2 Å². The summed E-state index contributed by atoms with van der Waals surface area (Å²) in [5.41, 5.74) is 2.73. The number of aryl methyl sites for hydroxylation is 1. The fourth-order valence-corrected chi connectivity index (χ4v) is 3.27. The molecular weight excluding hydrogens is 266 g/mol. The summed E-state index contributed by atoms with van der Waals surface area (Å²) in [6, 6.07) is 6.56. The number of hydrogen-bond donors (Lipinski definition) is 1. The van der Waals surface area contributed by atoms with Gasteiger partial charge in [-0.2, -0.15) is 0 Å². The van der Waals surface area contributed by atoms with Crippen LogP contribution < -0.4 is 5.32 Å². The van der Waals surface area contributed by atoms with Gasteiger partial charge in [-0.1, -0.05) is 35.9 Å². The van der Waals surface area contributed by atoms with Crippen molar-refractivity contribution in [2.24, 2.45) is 0 Å². The predicted octanol–water partition coefficient (Wildman–Crippen LogP) is 3.33. The van der Waals surface area contributed by atoms with E-state index < -0.39 is 0 Å². The average molecular weight is 280 g/mol. The van der Waals surface area contributed by atoms with Gasteiger partial charge >= 0.3 is 0 Å². The molecule has 0 spiro atoms. The summed E-state index contributed by atoms with van der Waals surface area (Å²) >= 11 is 7.65. The molecule has 0 aliphatic heterocycles. The molecule has 0 saturated carbocycles. The van der Waals surface area contributed by atoms with E-state index in [0.29, 0.717) is 6.04 Å². The van der Waals surface area contributed by atoms with Crippen molar-refractivity contribution < 1.29 is 0 Å². The normalized spacial score (nSPS) is 17.8. The molecular formula is C13H14ClN3S. The molecule has 0 saturated heterocycles. The van der Waals surface area contributed by atoms with Gasteiger partial charge in [-0.25, -0.2) is 0 Å². The highest BCUT2D eigenvalue weighted by molar-refractivity contribution is 7.15. The standard InChI is InChI=1S/C13H14ClN3S/c1-2-12-16-17-13(18-12)15-11-6-8-3-4-10(14)5-9(8)7-11/h3-5,11H,2,6-7H2,1H3,(H,15,17). The quantitative estimate of drug-likeness (QED) is 0.936. The Kier molecular flexibility index (Phi) is 3.22.